The summed E-state index contributed by atoms with van der Waals surface area (Å²) in [6.07, 6.45) is -1.85. The minimum atomic E-state index is -0.926. The van der Waals surface area contributed by atoms with Crippen LogP contribution in [0.2, 0.25) is 0 Å². The molecule has 0 bridgehead atoms. The number of ether oxygens (including phenoxy) is 2. The molecule has 0 rings (SSSR count). The van der Waals surface area contributed by atoms with E-state index < -0.39 is 18.5 Å². The summed E-state index contributed by atoms with van der Waals surface area (Å²) in [5, 5.41) is 35.1. The molecule has 0 fully saturated rings. The smallest absolute Gasteiger partial charge is 0.157 e. The third-order valence-electron chi connectivity index (χ3n) is 1.70. The van der Waals surface area contributed by atoms with E-state index in [1.807, 2.05) is 6.92 Å². The van der Waals surface area contributed by atoms with E-state index in [1.54, 1.807) is 0 Å². The van der Waals surface area contributed by atoms with E-state index in [1.165, 1.54) is 0 Å². The zero-order chi connectivity index (χ0) is 11.7. The molecule has 0 radical (unpaired) electrons. The van der Waals surface area contributed by atoms with Crippen LogP contribution in [0.25, 0.3) is 0 Å². The summed E-state index contributed by atoms with van der Waals surface area (Å²) < 4.78 is 10.2. The summed E-state index contributed by atoms with van der Waals surface area (Å²) in [5.74, 6) is 0. The molecule has 0 aromatic heterocycles. The minimum Gasteiger partial charge on any atom is -0.394 e. The number of rotatable bonds is 9. The van der Waals surface area contributed by atoms with Crippen LogP contribution in [0.5, 0.6) is 0 Å². The lowest BCUT2D eigenvalue weighted by Gasteiger charge is -2.19. The number of aliphatic hydroxyl groups excluding tert-OH is 4. The molecule has 0 saturated carbocycles. The molecule has 0 aromatic carbocycles. The number of aliphatic hydroxyl groups is 4. The topological polar surface area (TPSA) is 99.4 Å². The zero-order valence-corrected chi connectivity index (χ0v) is 8.87. The summed E-state index contributed by atoms with van der Waals surface area (Å²) in [7, 11) is 0. The van der Waals surface area contributed by atoms with Crippen molar-refractivity contribution < 1.29 is 29.9 Å². The molecule has 6 nitrogen and oxygen atoms in total. The van der Waals surface area contributed by atoms with Gasteiger partial charge >= 0.3 is 0 Å². The fraction of sp³-hybridized carbons (Fsp3) is 1.00. The van der Waals surface area contributed by atoms with Gasteiger partial charge < -0.3 is 29.9 Å². The third-order valence-corrected chi connectivity index (χ3v) is 1.70. The Kier molecular flexibility index (Phi) is 8.88. The lowest BCUT2D eigenvalue weighted by Crippen LogP contribution is -2.29. The zero-order valence-electron chi connectivity index (χ0n) is 8.87. The van der Waals surface area contributed by atoms with Crippen molar-refractivity contribution in [1.29, 1.82) is 0 Å². The van der Waals surface area contributed by atoms with Crippen molar-refractivity contribution in [2.24, 2.45) is 0 Å². The Morgan fingerprint density at radius 1 is 0.933 bits per heavy atom. The van der Waals surface area contributed by atoms with E-state index in [2.05, 4.69) is 0 Å². The quantitative estimate of drug-likeness (QED) is 0.354. The lowest BCUT2D eigenvalue weighted by atomic mass is 10.4. The molecular weight excluding hydrogens is 204 g/mol. The van der Waals surface area contributed by atoms with E-state index in [-0.39, 0.29) is 26.4 Å². The Labute approximate surface area is 89.1 Å². The van der Waals surface area contributed by atoms with Crippen LogP contribution in [0.4, 0.5) is 0 Å². The molecule has 0 aliphatic rings. The van der Waals surface area contributed by atoms with Crippen molar-refractivity contribution in [2.45, 2.75) is 31.8 Å². The minimum absolute atomic E-state index is 0.0236. The van der Waals surface area contributed by atoms with Gasteiger partial charge in [-0.15, -0.1) is 0 Å². The molecule has 0 heterocycles. The average Bonchev–Trinajstić information content (AvgIpc) is 2.28. The van der Waals surface area contributed by atoms with E-state index in [0.717, 1.165) is 0 Å². The van der Waals surface area contributed by atoms with Gasteiger partial charge in [0.2, 0.25) is 0 Å². The van der Waals surface area contributed by atoms with Gasteiger partial charge in [0, 0.05) is 0 Å². The second kappa shape index (κ2) is 9.02. The summed E-state index contributed by atoms with van der Waals surface area (Å²) in [5.41, 5.74) is 0. The molecule has 15 heavy (non-hydrogen) atoms. The van der Waals surface area contributed by atoms with Crippen LogP contribution in [0, 0.1) is 0 Å². The van der Waals surface area contributed by atoms with Gasteiger partial charge in [-0.25, -0.2) is 0 Å². The standard InChI is InChI=1S/C9H20O6/c1-2-9(14-5-7(12)3-10)15-6-8(13)4-11/h7-13H,2-6H2,1H3. The Balaban J connectivity index is 3.63. The first kappa shape index (κ1) is 14.8. The van der Waals surface area contributed by atoms with Crippen LogP contribution >= 0.6 is 0 Å². The summed E-state index contributed by atoms with van der Waals surface area (Å²) >= 11 is 0. The van der Waals surface area contributed by atoms with Crippen molar-refractivity contribution in [3.8, 4) is 0 Å². The molecule has 4 N–H and O–H groups in total. The molecule has 2 atom stereocenters. The van der Waals surface area contributed by atoms with Crippen molar-refractivity contribution in [3.63, 3.8) is 0 Å². The van der Waals surface area contributed by atoms with Crippen molar-refractivity contribution in [2.75, 3.05) is 26.4 Å². The van der Waals surface area contributed by atoms with Crippen LogP contribution in [0.3, 0.4) is 0 Å². The third kappa shape index (κ3) is 7.66. The second-order valence-corrected chi connectivity index (χ2v) is 3.18. The van der Waals surface area contributed by atoms with E-state index in [9.17, 15) is 0 Å². The molecule has 6 heteroatoms. The van der Waals surface area contributed by atoms with E-state index >= 15 is 0 Å². The average molecular weight is 224 g/mol. The molecule has 0 spiro atoms. The highest BCUT2D eigenvalue weighted by atomic mass is 16.7. The fourth-order valence-electron chi connectivity index (χ4n) is 0.826. The van der Waals surface area contributed by atoms with Crippen LogP contribution in [0.1, 0.15) is 13.3 Å². The van der Waals surface area contributed by atoms with E-state index in [0.29, 0.717) is 6.42 Å². The number of hydrogen-bond donors (Lipinski definition) is 4. The Morgan fingerprint density at radius 3 is 1.60 bits per heavy atom. The monoisotopic (exact) mass is 224 g/mol. The van der Waals surface area contributed by atoms with Crippen molar-refractivity contribution >= 4 is 0 Å². The first-order valence-corrected chi connectivity index (χ1v) is 4.95. The van der Waals surface area contributed by atoms with Crippen molar-refractivity contribution in [1.82, 2.24) is 0 Å². The maximum Gasteiger partial charge on any atom is 0.157 e. The SMILES string of the molecule is CCC(OCC(O)CO)OCC(O)CO. The number of hydrogen-bond acceptors (Lipinski definition) is 6. The van der Waals surface area contributed by atoms with Gasteiger partial charge in [0.25, 0.3) is 0 Å². The normalized spacial score (nSPS) is 17.4. The maximum atomic E-state index is 9.01. The Morgan fingerprint density at radius 2 is 1.33 bits per heavy atom. The highest BCUT2D eigenvalue weighted by molar-refractivity contribution is 4.53. The molecule has 0 amide bonds. The Hall–Kier alpha value is -0.240. The Bertz CT molecular complexity index is 129. The molecule has 2 unspecified atom stereocenters. The van der Waals surface area contributed by atoms with Crippen LogP contribution in [-0.2, 0) is 9.47 Å². The van der Waals surface area contributed by atoms with Crippen LogP contribution in [-0.4, -0.2) is 65.4 Å². The van der Waals surface area contributed by atoms with Gasteiger partial charge in [0.05, 0.1) is 26.4 Å². The summed E-state index contributed by atoms with van der Waals surface area (Å²) in [6.45, 7) is 1.04. The fourth-order valence-corrected chi connectivity index (χ4v) is 0.826. The van der Waals surface area contributed by atoms with Gasteiger partial charge in [0.1, 0.15) is 12.2 Å². The van der Waals surface area contributed by atoms with E-state index in [4.69, 9.17) is 29.9 Å². The predicted molar refractivity (Wildman–Crippen MR) is 52.2 cm³/mol. The van der Waals surface area contributed by atoms with Crippen LogP contribution in [0.15, 0.2) is 0 Å². The van der Waals surface area contributed by atoms with Gasteiger partial charge in [-0.05, 0) is 6.42 Å². The highest BCUT2D eigenvalue weighted by Crippen LogP contribution is 2.02. The largest absolute Gasteiger partial charge is 0.394 e. The molecule has 0 saturated heterocycles. The first-order chi connectivity index (χ1) is 7.13. The van der Waals surface area contributed by atoms with Gasteiger partial charge in [-0.2, -0.15) is 0 Å². The van der Waals surface area contributed by atoms with Gasteiger partial charge in [0.15, 0.2) is 6.29 Å². The van der Waals surface area contributed by atoms with Gasteiger partial charge in [-0.3, -0.25) is 0 Å². The molecule has 0 aliphatic heterocycles. The molecular formula is C9H20O6. The summed E-state index contributed by atoms with van der Waals surface area (Å²) in [4.78, 5) is 0. The molecule has 0 aromatic rings. The van der Waals surface area contributed by atoms with Crippen LogP contribution < -0.4 is 0 Å². The van der Waals surface area contributed by atoms with Crippen molar-refractivity contribution in [3.05, 3.63) is 0 Å². The van der Waals surface area contributed by atoms with Gasteiger partial charge in [-0.1, -0.05) is 6.92 Å². The first-order valence-electron chi connectivity index (χ1n) is 4.95. The second-order valence-electron chi connectivity index (χ2n) is 3.18. The highest BCUT2D eigenvalue weighted by Gasteiger charge is 2.12. The lowest BCUT2D eigenvalue weighted by molar-refractivity contribution is -0.175. The molecule has 0 aliphatic carbocycles. The predicted octanol–water partition coefficient (Wildman–Crippen LogP) is -1.54. The maximum absolute atomic E-state index is 9.01. The molecule has 92 valence electrons. The summed E-state index contributed by atoms with van der Waals surface area (Å²) in [6, 6.07) is 0.